The Morgan fingerprint density at radius 3 is 2.68 bits per heavy atom. The minimum Gasteiger partial charge on any atom is -0.355 e. The van der Waals surface area contributed by atoms with E-state index in [-0.39, 0.29) is 6.04 Å². The molecule has 3 heterocycles. The first-order valence-electron chi connectivity index (χ1n) is 8.25. The summed E-state index contributed by atoms with van der Waals surface area (Å²) in [6.45, 7) is 2.83. The lowest BCUT2D eigenvalue weighted by atomic mass is 10.1. The summed E-state index contributed by atoms with van der Waals surface area (Å²) in [4.78, 5) is 11.9. The first-order valence-corrected chi connectivity index (χ1v) is 9.13. The highest BCUT2D eigenvalue weighted by Gasteiger charge is 2.19. The monoisotopic (exact) mass is 319 g/mol. The van der Waals surface area contributed by atoms with Crippen molar-refractivity contribution in [2.24, 2.45) is 11.5 Å². The number of fused-ring (bicyclic) bond motifs is 1. The van der Waals surface area contributed by atoms with Crippen LogP contribution in [0.4, 0.5) is 5.82 Å². The lowest BCUT2D eigenvalue weighted by molar-refractivity contribution is 0.587. The van der Waals surface area contributed by atoms with Gasteiger partial charge in [-0.1, -0.05) is 12.8 Å². The van der Waals surface area contributed by atoms with Gasteiger partial charge >= 0.3 is 0 Å². The summed E-state index contributed by atoms with van der Waals surface area (Å²) in [5.41, 5.74) is 12.9. The van der Waals surface area contributed by atoms with Crippen LogP contribution in [0.1, 0.15) is 50.4 Å². The van der Waals surface area contributed by atoms with Gasteiger partial charge in [-0.05, 0) is 43.7 Å². The molecule has 0 aliphatic carbocycles. The van der Waals surface area contributed by atoms with Gasteiger partial charge in [-0.15, -0.1) is 11.3 Å². The Hall–Kier alpha value is -1.24. The number of hydrogen-bond acceptors (Lipinski definition) is 6. The largest absolute Gasteiger partial charge is 0.355 e. The van der Waals surface area contributed by atoms with Gasteiger partial charge in [0.05, 0.1) is 16.3 Å². The number of thiophene rings is 1. The van der Waals surface area contributed by atoms with Crippen molar-refractivity contribution in [3.63, 3.8) is 0 Å². The van der Waals surface area contributed by atoms with Crippen LogP contribution in [0.25, 0.3) is 10.2 Å². The van der Waals surface area contributed by atoms with E-state index in [1.54, 1.807) is 11.3 Å². The second-order valence-corrected chi connectivity index (χ2v) is 6.90. The van der Waals surface area contributed by atoms with Crippen molar-refractivity contribution in [2.75, 3.05) is 24.5 Å². The highest BCUT2D eigenvalue weighted by atomic mass is 32.1. The molecule has 2 aromatic rings. The van der Waals surface area contributed by atoms with E-state index in [0.29, 0.717) is 6.54 Å². The van der Waals surface area contributed by atoms with Crippen LogP contribution < -0.4 is 16.4 Å². The fourth-order valence-electron chi connectivity index (χ4n) is 3.00. The van der Waals surface area contributed by atoms with Gasteiger partial charge in [0.25, 0.3) is 0 Å². The third kappa shape index (κ3) is 3.39. The predicted molar refractivity (Wildman–Crippen MR) is 93.3 cm³/mol. The fourth-order valence-corrected chi connectivity index (χ4v) is 3.84. The molecule has 1 unspecified atom stereocenters. The molecule has 1 saturated heterocycles. The van der Waals surface area contributed by atoms with E-state index in [9.17, 15) is 0 Å². The average Bonchev–Trinajstić information content (AvgIpc) is 2.85. The molecular weight excluding hydrogens is 294 g/mol. The Morgan fingerprint density at radius 1 is 1.18 bits per heavy atom. The van der Waals surface area contributed by atoms with Crippen molar-refractivity contribution in [2.45, 2.75) is 44.6 Å². The number of nitrogens with zero attached hydrogens (tertiary/aromatic N) is 3. The Bertz CT molecular complexity index is 604. The number of nitrogens with two attached hydrogens (primary N) is 2. The molecule has 0 radical (unpaired) electrons. The van der Waals surface area contributed by atoms with Crippen molar-refractivity contribution in [1.82, 2.24) is 9.97 Å². The van der Waals surface area contributed by atoms with Crippen LogP contribution in [-0.2, 0) is 0 Å². The average molecular weight is 319 g/mol. The van der Waals surface area contributed by atoms with Crippen molar-refractivity contribution in [3.05, 3.63) is 17.3 Å². The topological polar surface area (TPSA) is 81.1 Å². The van der Waals surface area contributed by atoms with Gasteiger partial charge in [0, 0.05) is 13.1 Å². The molecule has 4 N–H and O–H groups in total. The van der Waals surface area contributed by atoms with Gasteiger partial charge in [0.15, 0.2) is 0 Å². The number of aromatic nitrogens is 2. The smallest absolute Gasteiger partial charge is 0.150 e. The minimum absolute atomic E-state index is 0.126. The molecule has 0 aromatic carbocycles. The van der Waals surface area contributed by atoms with Gasteiger partial charge in [0.1, 0.15) is 11.6 Å². The van der Waals surface area contributed by atoms with Crippen molar-refractivity contribution in [1.29, 1.82) is 0 Å². The standard InChI is InChI=1S/C16H25N5S/c17-8-5-6-12(18)15-19-13-7-11-22-14(13)16(20-15)21-9-3-1-2-4-10-21/h7,11-12H,1-6,8-10,17-18H2. The summed E-state index contributed by atoms with van der Waals surface area (Å²) in [5.74, 6) is 1.85. The summed E-state index contributed by atoms with van der Waals surface area (Å²) in [6, 6.07) is 1.95. The second-order valence-electron chi connectivity index (χ2n) is 5.98. The summed E-state index contributed by atoms with van der Waals surface area (Å²) < 4.78 is 1.19. The molecule has 1 aliphatic heterocycles. The SMILES string of the molecule is NCCCC(N)c1nc(N2CCCCCC2)c2sccc2n1. The molecule has 1 fully saturated rings. The Morgan fingerprint density at radius 2 is 1.95 bits per heavy atom. The lowest BCUT2D eigenvalue weighted by Crippen LogP contribution is -2.26. The molecule has 3 rings (SSSR count). The van der Waals surface area contributed by atoms with Crippen LogP contribution in [0.15, 0.2) is 11.4 Å². The van der Waals surface area contributed by atoms with Crippen LogP contribution in [0.3, 0.4) is 0 Å². The van der Waals surface area contributed by atoms with Gasteiger partial charge in [-0.25, -0.2) is 9.97 Å². The maximum absolute atomic E-state index is 6.27. The normalized spacial score (nSPS) is 17.6. The van der Waals surface area contributed by atoms with Gasteiger partial charge in [0.2, 0.25) is 0 Å². The molecular formula is C16H25N5S. The van der Waals surface area contributed by atoms with Gasteiger partial charge in [-0.3, -0.25) is 0 Å². The first-order chi connectivity index (χ1) is 10.8. The molecule has 0 amide bonds. The van der Waals surface area contributed by atoms with Crippen LogP contribution >= 0.6 is 11.3 Å². The summed E-state index contributed by atoms with van der Waals surface area (Å²) in [5, 5.41) is 2.09. The maximum Gasteiger partial charge on any atom is 0.150 e. The molecule has 0 bridgehead atoms. The zero-order chi connectivity index (χ0) is 15.4. The van der Waals surface area contributed by atoms with Crippen molar-refractivity contribution in [3.8, 4) is 0 Å². The zero-order valence-electron chi connectivity index (χ0n) is 13.0. The molecule has 1 aliphatic rings. The highest BCUT2D eigenvalue weighted by Crippen LogP contribution is 2.31. The second kappa shape index (κ2) is 7.35. The van der Waals surface area contributed by atoms with E-state index in [1.807, 2.05) is 0 Å². The Labute approximate surface area is 135 Å². The number of rotatable bonds is 5. The summed E-state index contributed by atoms with van der Waals surface area (Å²) in [6.07, 6.45) is 6.86. The Kier molecular flexibility index (Phi) is 5.23. The van der Waals surface area contributed by atoms with E-state index in [0.717, 1.165) is 43.1 Å². The number of hydrogen-bond donors (Lipinski definition) is 2. The van der Waals surface area contributed by atoms with E-state index < -0.39 is 0 Å². The molecule has 1 atom stereocenters. The first kappa shape index (κ1) is 15.6. The molecule has 5 nitrogen and oxygen atoms in total. The lowest BCUT2D eigenvalue weighted by Gasteiger charge is -2.23. The van der Waals surface area contributed by atoms with Gasteiger partial charge in [-0.2, -0.15) is 0 Å². The molecule has 120 valence electrons. The predicted octanol–water partition coefficient (Wildman–Crippen LogP) is 2.81. The minimum atomic E-state index is -0.126. The summed E-state index contributed by atoms with van der Waals surface area (Å²) >= 11 is 1.73. The molecule has 0 spiro atoms. The van der Waals surface area contributed by atoms with Crippen LogP contribution in [-0.4, -0.2) is 29.6 Å². The summed E-state index contributed by atoms with van der Waals surface area (Å²) in [7, 11) is 0. The third-order valence-corrected chi connectivity index (χ3v) is 5.16. The van der Waals surface area contributed by atoms with Crippen LogP contribution in [0, 0.1) is 0 Å². The molecule has 0 saturated carbocycles. The van der Waals surface area contributed by atoms with Gasteiger partial charge < -0.3 is 16.4 Å². The molecule has 2 aromatic heterocycles. The highest BCUT2D eigenvalue weighted by molar-refractivity contribution is 7.17. The molecule has 6 heteroatoms. The van der Waals surface area contributed by atoms with Crippen molar-refractivity contribution >= 4 is 27.4 Å². The van der Waals surface area contributed by atoms with Crippen LogP contribution in [0.2, 0.25) is 0 Å². The third-order valence-electron chi connectivity index (χ3n) is 4.26. The van der Waals surface area contributed by atoms with E-state index in [4.69, 9.17) is 16.5 Å². The molecule has 22 heavy (non-hydrogen) atoms. The maximum atomic E-state index is 6.27. The zero-order valence-corrected chi connectivity index (χ0v) is 13.8. The Balaban J connectivity index is 1.94. The van der Waals surface area contributed by atoms with E-state index in [2.05, 4.69) is 21.3 Å². The number of anilines is 1. The van der Waals surface area contributed by atoms with Crippen LogP contribution in [0.5, 0.6) is 0 Å². The van der Waals surface area contributed by atoms with E-state index in [1.165, 1.54) is 30.4 Å². The fraction of sp³-hybridized carbons (Fsp3) is 0.625. The van der Waals surface area contributed by atoms with E-state index >= 15 is 0 Å². The quantitative estimate of drug-likeness (QED) is 0.885. The van der Waals surface area contributed by atoms with Crippen molar-refractivity contribution < 1.29 is 0 Å².